The zero-order valence-corrected chi connectivity index (χ0v) is 11.7. The normalized spacial score (nSPS) is 21.6. The number of nitrogens with two attached hydrogens (primary N) is 1. The van der Waals surface area contributed by atoms with Crippen LogP contribution in [-0.4, -0.2) is 35.6 Å². The number of nitrogen functional groups attached to an aromatic ring is 1. The molecule has 102 valence electrons. The van der Waals surface area contributed by atoms with E-state index in [4.69, 9.17) is 5.73 Å². The van der Waals surface area contributed by atoms with Gasteiger partial charge in [-0.15, -0.1) is 0 Å². The van der Waals surface area contributed by atoms with Gasteiger partial charge in [0.2, 0.25) is 10.0 Å². The van der Waals surface area contributed by atoms with Crippen LogP contribution in [0.25, 0.3) is 0 Å². The average Bonchev–Trinajstić information content (AvgIpc) is 2.86. The smallest absolute Gasteiger partial charge is 0.248 e. The Hall–Kier alpha value is -1.08. The first-order valence-electron chi connectivity index (χ1n) is 6.24. The van der Waals surface area contributed by atoms with Crippen LogP contribution >= 0.6 is 0 Å². The molecule has 1 saturated heterocycles. The van der Waals surface area contributed by atoms with E-state index in [0.29, 0.717) is 19.0 Å². The minimum Gasteiger partial charge on any atom is -0.381 e. The lowest BCUT2D eigenvalue weighted by Gasteiger charge is -2.15. The monoisotopic (exact) mass is 272 g/mol. The first-order valence-corrected chi connectivity index (χ1v) is 7.68. The quantitative estimate of drug-likeness (QED) is 0.879. The van der Waals surface area contributed by atoms with E-state index in [1.165, 1.54) is 15.2 Å². The highest BCUT2D eigenvalue weighted by atomic mass is 32.2. The Morgan fingerprint density at radius 2 is 2.28 bits per heavy atom. The lowest BCUT2D eigenvalue weighted by molar-refractivity contribution is 0.445. The summed E-state index contributed by atoms with van der Waals surface area (Å²) in [5, 5.41) is 3.89. The van der Waals surface area contributed by atoms with Gasteiger partial charge in [0.1, 0.15) is 4.90 Å². The lowest BCUT2D eigenvalue weighted by atomic mass is 10.0. The van der Waals surface area contributed by atoms with Gasteiger partial charge in [-0.1, -0.05) is 13.3 Å². The van der Waals surface area contributed by atoms with Crippen LogP contribution in [0.3, 0.4) is 0 Å². The van der Waals surface area contributed by atoms with E-state index in [1.807, 2.05) is 0 Å². The maximum absolute atomic E-state index is 12.4. The molecule has 7 heteroatoms. The molecule has 1 aromatic heterocycles. The van der Waals surface area contributed by atoms with Gasteiger partial charge in [0.25, 0.3) is 0 Å². The predicted octanol–water partition coefficient (Wildman–Crippen LogP) is 0.813. The molecular formula is C11H20N4O2S. The highest BCUT2D eigenvalue weighted by molar-refractivity contribution is 7.89. The van der Waals surface area contributed by atoms with Crippen LogP contribution in [0.5, 0.6) is 0 Å². The Morgan fingerprint density at radius 1 is 1.56 bits per heavy atom. The molecule has 1 atom stereocenters. The molecule has 0 aliphatic carbocycles. The van der Waals surface area contributed by atoms with Crippen molar-refractivity contribution in [3.8, 4) is 0 Å². The molecule has 1 aromatic rings. The van der Waals surface area contributed by atoms with E-state index in [2.05, 4.69) is 12.0 Å². The van der Waals surface area contributed by atoms with Crippen molar-refractivity contribution < 1.29 is 8.42 Å². The summed E-state index contributed by atoms with van der Waals surface area (Å²) >= 11 is 0. The summed E-state index contributed by atoms with van der Waals surface area (Å²) in [4.78, 5) is 0.127. The van der Waals surface area contributed by atoms with Crippen LogP contribution in [0.4, 0.5) is 5.82 Å². The van der Waals surface area contributed by atoms with E-state index in [1.54, 1.807) is 7.05 Å². The molecule has 1 aliphatic rings. The minimum atomic E-state index is -3.47. The molecule has 1 unspecified atom stereocenters. The van der Waals surface area contributed by atoms with Crippen molar-refractivity contribution in [2.75, 3.05) is 18.8 Å². The highest BCUT2D eigenvalue weighted by Crippen LogP contribution is 2.28. The van der Waals surface area contributed by atoms with Gasteiger partial charge in [0.05, 0.1) is 0 Å². The maximum atomic E-state index is 12.4. The summed E-state index contributed by atoms with van der Waals surface area (Å²) in [6.45, 7) is 3.31. The van der Waals surface area contributed by atoms with Gasteiger partial charge in [-0.25, -0.2) is 8.42 Å². The average molecular weight is 272 g/mol. The van der Waals surface area contributed by atoms with Crippen molar-refractivity contribution in [2.24, 2.45) is 13.0 Å². The summed E-state index contributed by atoms with van der Waals surface area (Å²) in [5.41, 5.74) is 5.65. The summed E-state index contributed by atoms with van der Waals surface area (Å²) in [7, 11) is -1.81. The van der Waals surface area contributed by atoms with Gasteiger partial charge >= 0.3 is 0 Å². The molecule has 0 aromatic carbocycles. The molecule has 0 saturated carbocycles. The molecule has 2 rings (SSSR count). The molecule has 0 radical (unpaired) electrons. The van der Waals surface area contributed by atoms with Gasteiger partial charge in [0, 0.05) is 26.3 Å². The Labute approximate surface area is 108 Å². The zero-order valence-electron chi connectivity index (χ0n) is 10.8. The molecule has 2 N–H and O–H groups in total. The van der Waals surface area contributed by atoms with Crippen LogP contribution in [-0.2, 0) is 17.1 Å². The number of rotatable bonds is 4. The fourth-order valence-corrected chi connectivity index (χ4v) is 4.10. The number of anilines is 1. The lowest BCUT2D eigenvalue weighted by Crippen LogP contribution is -2.29. The molecular weight excluding hydrogens is 252 g/mol. The summed E-state index contributed by atoms with van der Waals surface area (Å²) in [6.07, 6.45) is 4.58. The third-order valence-corrected chi connectivity index (χ3v) is 5.27. The van der Waals surface area contributed by atoms with Gasteiger partial charge in [-0.05, 0) is 18.8 Å². The third kappa shape index (κ3) is 2.37. The van der Waals surface area contributed by atoms with Crippen molar-refractivity contribution in [1.82, 2.24) is 14.1 Å². The van der Waals surface area contributed by atoms with E-state index < -0.39 is 10.0 Å². The first-order chi connectivity index (χ1) is 8.45. The van der Waals surface area contributed by atoms with Gasteiger partial charge in [-0.2, -0.15) is 9.40 Å². The Bertz CT molecular complexity index is 523. The Kier molecular flexibility index (Phi) is 3.63. The SMILES string of the molecule is CCCC1CCN(S(=O)(=O)c2cn(C)nc2N)C1. The largest absolute Gasteiger partial charge is 0.381 e. The van der Waals surface area contributed by atoms with Crippen LogP contribution in [0.1, 0.15) is 26.2 Å². The highest BCUT2D eigenvalue weighted by Gasteiger charge is 2.34. The van der Waals surface area contributed by atoms with Crippen LogP contribution < -0.4 is 5.73 Å². The summed E-state index contributed by atoms with van der Waals surface area (Å²) < 4.78 is 27.8. The third-order valence-electron chi connectivity index (χ3n) is 3.39. The number of aromatic nitrogens is 2. The number of nitrogens with zero attached hydrogens (tertiary/aromatic N) is 3. The second-order valence-corrected chi connectivity index (χ2v) is 6.77. The predicted molar refractivity (Wildman–Crippen MR) is 69.4 cm³/mol. The topological polar surface area (TPSA) is 81.2 Å². The van der Waals surface area contributed by atoms with Crippen molar-refractivity contribution in [2.45, 2.75) is 31.1 Å². The van der Waals surface area contributed by atoms with Crippen molar-refractivity contribution in [1.29, 1.82) is 0 Å². The fourth-order valence-electron chi connectivity index (χ4n) is 2.48. The molecule has 6 nitrogen and oxygen atoms in total. The zero-order chi connectivity index (χ0) is 13.3. The number of hydrogen-bond acceptors (Lipinski definition) is 4. The fraction of sp³-hybridized carbons (Fsp3) is 0.727. The molecule has 0 spiro atoms. The van der Waals surface area contributed by atoms with Crippen molar-refractivity contribution in [3.63, 3.8) is 0 Å². The number of sulfonamides is 1. The van der Waals surface area contributed by atoms with E-state index in [0.717, 1.165) is 19.3 Å². The van der Waals surface area contributed by atoms with Crippen molar-refractivity contribution >= 4 is 15.8 Å². The Morgan fingerprint density at radius 3 is 2.83 bits per heavy atom. The second-order valence-electron chi connectivity index (χ2n) is 4.86. The summed E-state index contributed by atoms with van der Waals surface area (Å²) in [6, 6.07) is 0. The van der Waals surface area contributed by atoms with Crippen LogP contribution in [0, 0.1) is 5.92 Å². The van der Waals surface area contributed by atoms with Gasteiger partial charge < -0.3 is 5.73 Å². The van der Waals surface area contributed by atoms with Crippen LogP contribution in [0.2, 0.25) is 0 Å². The van der Waals surface area contributed by atoms with E-state index >= 15 is 0 Å². The molecule has 18 heavy (non-hydrogen) atoms. The van der Waals surface area contributed by atoms with E-state index in [-0.39, 0.29) is 10.7 Å². The molecule has 1 fully saturated rings. The number of aryl methyl sites for hydroxylation is 1. The molecule has 1 aliphatic heterocycles. The second kappa shape index (κ2) is 4.89. The van der Waals surface area contributed by atoms with Gasteiger partial charge in [-0.3, -0.25) is 4.68 Å². The van der Waals surface area contributed by atoms with E-state index in [9.17, 15) is 8.42 Å². The summed E-state index contributed by atoms with van der Waals surface area (Å²) in [5.74, 6) is 0.555. The van der Waals surface area contributed by atoms with Gasteiger partial charge in [0.15, 0.2) is 5.82 Å². The standard InChI is InChI=1S/C11H20N4O2S/c1-3-4-9-5-6-15(7-9)18(16,17)10-8-14(2)13-11(10)12/h8-9H,3-7H2,1-2H3,(H2,12,13). The minimum absolute atomic E-state index is 0.0800. The first kappa shape index (κ1) is 13.4. The molecule has 0 bridgehead atoms. The van der Waals surface area contributed by atoms with Crippen LogP contribution in [0.15, 0.2) is 11.1 Å². The molecule has 0 amide bonds. The molecule has 2 heterocycles. The van der Waals surface area contributed by atoms with Crippen molar-refractivity contribution in [3.05, 3.63) is 6.20 Å². The number of hydrogen-bond donors (Lipinski definition) is 1. The Balaban J connectivity index is 2.20. The maximum Gasteiger partial charge on any atom is 0.248 e.